The van der Waals surface area contributed by atoms with Crippen LogP contribution >= 0.6 is 0 Å². The van der Waals surface area contributed by atoms with Gasteiger partial charge in [-0.1, -0.05) is 17.3 Å². The SMILES string of the molecule is C1=CCC(CNCCc2ncon2)CC1. The molecule has 1 unspecified atom stereocenters. The van der Waals surface area contributed by atoms with E-state index in [0.29, 0.717) is 0 Å². The molecule has 1 aromatic heterocycles. The van der Waals surface area contributed by atoms with Gasteiger partial charge < -0.3 is 9.84 Å². The molecular weight excluding hydrogens is 190 g/mol. The van der Waals surface area contributed by atoms with Crippen LogP contribution in [0.3, 0.4) is 0 Å². The monoisotopic (exact) mass is 207 g/mol. The molecule has 0 saturated carbocycles. The fourth-order valence-electron chi connectivity index (χ4n) is 1.85. The molecule has 15 heavy (non-hydrogen) atoms. The van der Waals surface area contributed by atoms with E-state index in [1.54, 1.807) is 0 Å². The normalized spacial score (nSPS) is 20.7. The minimum absolute atomic E-state index is 0.783. The maximum Gasteiger partial charge on any atom is 0.213 e. The highest BCUT2D eigenvalue weighted by molar-refractivity contribution is 4.90. The van der Waals surface area contributed by atoms with Crippen molar-refractivity contribution in [1.82, 2.24) is 15.5 Å². The van der Waals surface area contributed by atoms with E-state index in [-0.39, 0.29) is 0 Å². The lowest BCUT2D eigenvalue weighted by molar-refractivity contribution is 0.406. The maximum absolute atomic E-state index is 4.66. The fraction of sp³-hybridized carbons (Fsp3) is 0.636. The van der Waals surface area contributed by atoms with Gasteiger partial charge in [0.1, 0.15) is 0 Å². The molecule has 0 radical (unpaired) electrons. The van der Waals surface area contributed by atoms with Crippen molar-refractivity contribution in [2.45, 2.75) is 25.7 Å². The summed E-state index contributed by atoms with van der Waals surface area (Å²) >= 11 is 0. The number of hydrogen-bond acceptors (Lipinski definition) is 4. The van der Waals surface area contributed by atoms with E-state index in [9.17, 15) is 0 Å². The minimum atomic E-state index is 0.783. The first-order chi connectivity index (χ1) is 7.45. The van der Waals surface area contributed by atoms with Crippen molar-refractivity contribution in [2.75, 3.05) is 13.1 Å². The van der Waals surface area contributed by atoms with Crippen LogP contribution in [0.15, 0.2) is 23.1 Å². The number of aromatic nitrogens is 2. The van der Waals surface area contributed by atoms with Crippen molar-refractivity contribution in [2.24, 2.45) is 5.92 Å². The molecule has 0 aliphatic heterocycles. The van der Waals surface area contributed by atoms with Crippen LogP contribution in [-0.2, 0) is 6.42 Å². The Morgan fingerprint density at radius 2 is 2.47 bits per heavy atom. The predicted octanol–water partition coefficient (Wildman–Crippen LogP) is 1.56. The van der Waals surface area contributed by atoms with Gasteiger partial charge in [0.2, 0.25) is 6.39 Å². The Hall–Kier alpha value is -1.16. The first-order valence-corrected chi connectivity index (χ1v) is 5.56. The Kier molecular flexibility index (Phi) is 3.91. The van der Waals surface area contributed by atoms with Crippen LogP contribution in [0, 0.1) is 5.92 Å². The van der Waals surface area contributed by atoms with E-state index in [0.717, 1.165) is 31.3 Å². The Morgan fingerprint density at radius 3 is 3.20 bits per heavy atom. The van der Waals surface area contributed by atoms with Crippen LogP contribution in [0.4, 0.5) is 0 Å². The summed E-state index contributed by atoms with van der Waals surface area (Å²) < 4.78 is 4.66. The molecule has 0 saturated heterocycles. The van der Waals surface area contributed by atoms with Crippen LogP contribution in [0.5, 0.6) is 0 Å². The number of rotatable bonds is 5. The molecule has 82 valence electrons. The lowest BCUT2D eigenvalue weighted by Crippen LogP contribution is -2.25. The number of allylic oxidation sites excluding steroid dienone is 2. The zero-order chi connectivity index (χ0) is 10.3. The van der Waals surface area contributed by atoms with Gasteiger partial charge in [0.05, 0.1) is 0 Å². The second-order valence-corrected chi connectivity index (χ2v) is 3.95. The topological polar surface area (TPSA) is 51.0 Å². The van der Waals surface area contributed by atoms with Crippen molar-refractivity contribution in [3.05, 3.63) is 24.4 Å². The van der Waals surface area contributed by atoms with Gasteiger partial charge in [0.25, 0.3) is 0 Å². The fourth-order valence-corrected chi connectivity index (χ4v) is 1.85. The Bertz CT molecular complexity index is 295. The standard InChI is InChI=1S/C11H17N3O/c1-2-4-10(5-3-1)8-12-7-6-11-13-9-15-14-11/h1-2,9-10,12H,3-8H2. The first-order valence-electron chi connectivity index (χ1n) is 5.56. The third kappa shape index (κ3) is 3.47. The Balaban J connectivity index is 1.57. The van der Waals surface area contributed by atoms with Gasteiger partial charge in [-0.05, 0) is 31.7 Å². The summed E-state index contributed by atoms with van der Waals surface area (Å²) in [4.78, 5) is 3.97. The molecule has 2 rings (SSSR count). The number of nitrogens with one attached hydrogen (secondary N) is 1. The lowest BCUT2D eigenvalue weighted by Gasteiger charge is -2.17. The molecular formula is C11H17N3O. The average molecular weight is 207 g/mol. The van der Waals surface area contributed by atoms with Gasteiger partial charge in [-0.3, -0.25) is 0 Å². The van der Waals surface area contributed by atoms with Crippen molar-refractivity contribution >= 4 is 0 Å². The second kappa shape index (κ2) is 5.66. The molecule has 1 heterocycles. The molecule has 0 amide bonds. The summed E-state index contributed by atoms with van der Waals surface area (Å²) in [6, 6.07) is 0. The smallest absolute Gasteiger partial charge is 0.213 e. The molecule has 0 aromatic carbocycles. The zero-order valence-electron chi connectivity index (χ0n) is 8.85. The summed E-state index contributed by atoms with van der Waals surface area (Å²) in [7, 11) is 0. The quantitative estimate of drug-likeness (QED) is 0.588. The van der Waals surface area contributed by atoms with Crippen LogP contribution in [0.1, 0.15) is 25.1 Å². The van der Waals surface area contributed by atoms with Crippen molar-refractivity contribution in [1.29, 1.82) is 0 Å². The van der Waals surface area contributed by atoms with Gasteiger partial charge in [-0.2, -0.15) is 4.98 Å². The molecule has 0 fully saturated rings. The molecule has 4 nitrogen and oxygen atoms in total. The molecule has 1 aliphatic carbocycles. The van der Waals surface area contributed by atoms with Crippen LogP contribution in [0.2, 0.25) is 0 Å². The maximum atomic E-state index is 4.66. The van der Waals surface area contributed by atoms with E-state index >= 15 is 0 Å². The van der Waals surface area contributed by atoms with E-state index < -0.39 is 0 Å². The van der Waals surface area contributed by atoms with Crippen LogP contribution < -0.4 is 5.32 Å². The second-order valence-electron chi connectivity index (χ2n) is 3.95. The van der Waals surface area contributed by atoms with Gasteiger partial charge >= 0.3 is 0 Å². The van der Waals surface area contributed by atoms with Crippen molar-refractivity contribution in [3.63, 3.8) is 0 Å². The zero-order valence-corrected chi connectivity index (χ0v) is 8.85. The van der Waals surface area contributed by atoms with Crippen LogP contribution in [-0.4, -0.2) is 23.2 Å². The third-order valence-electron chi connectivity index (χ3n) is 2.74. The molecule has 1 aromatic rings. The molecule has 4 heteroatoms. The summed E-state index contributed by atoms with van der Waals surface area (Å²) in [5.41, 5.74) is 0. The average Bonchev–Trinajstić information content (AvgIpc) is 2.79. The Morgan fingerprint density at radius 1 is 1.47 bits per heavy atom. The minimum Gasteiger partial charge on any atom is -0.343 e. The van der Waals surface area contributed by atoms with E-state index in [1.807, 2.05) is 0 Å². The van der Waals surface area contributed by atoms with E-state index in [1.165, 1.54) is 25.7 Å². The predicted molar refractivity (Wildman–Crippen MR) is 57.4 cm³/mol. The lowest BCUT2D eigenvalue weighted by atomic mass is 9.94. The summed E-state index contributed by atoms with van der Waals surface area (Å²) in [5, 5.41) is 7.20. The largest absolute Gasteiger partial charge is 0.343 e. The van der Waals surface area contributed by atoms with E-state index in [4.69, 9.17) is 0 Å². The number of hydrogen-bond donors (Lipinski definition) is 1. The van der Waals surface area contributed by atoms with E-state index in [2.05, 4.69) is 32.1 Å². The first kappa shape index (κ1) is 10.4. The van der Waals surface area contributed by atoms with Crippen molar-refractivity contribution in [3.8, 4) is 0 Å². The highest BCUT2D eigenvalue weighted by Crippen LogP contribution is 2.16. The Labute approximate surface area is 89.8 Å². The van der Waals surface area contributed by atoms with Gasteiger partial charge in [0.15, 0.2) is 5.82 Å². The van der Waals surface area contributed by atoms with Gasteiger partial charge in [-0.25, -0.2) is 0 Å². The summed E-state index contributed by atoms with van der Waals surface area (Å²) in [5.74, 6) is 1.59. The molecule has 0 bridgehead atoms. The highest BCUT2D eigenvalue weighted by Gasteiger charge is 2.08. The highest BCUT2D eigenvalue weighted by atomic mass is 16.5. The molecule has 1 atom stereocenters. The van der Waals surface area contributed by atoms with Gasteiger partial charge in [-0.15, -0.1) is 0 Å². The van der Waals surface area contributed by atoms with Crippen LogP contribution in [0.25, 0.3) is 0 Å². The summed E-state index contributed by atoms with van der Waals surface area (Å²) in [6.45, 7) is 2.03. The molecule has 1 N–H and O–H groups in total. The van der Waals surface area contributed by atoms with Gasteiger partial charge in [0, 0.05) is 13.0 Å². The molecule has 1 aliphatic rings. The third-order valence-corrected chi connectivity index (χ3v) is 2.74. The summed E-state index contributed by atoms with van der Waals surface area (Å²) in [6.07, 6.45) is 10.5. The van der Waals surface area contributed by atoms with Crippen molar-refractivity contribution < 1.29 is 4.52 Å². The number of nitrogens with zero attached hydrogens (tertiary/aromatic N) is 2. The molecule has 0 spiro atoms.